The molecule has 2 N–H and O–H groups in total. The number of hydrogen-bond acceptors (Lipinski definition) is 5. The molecule has 1 aromatic carbocycles. The molecule has 1 atom stereocenters. The fourth-order valence-electron chi connectivity index (χ4n) is 4.66. The minimum absolute atomic E-state index is 0.0156. The zero-order valence-corrected chi connectivity index (χ0v) is 19.9. The number of halogens is 2. The van der Waals surface area contributed by atoms with Crippen LogP contribution >= 0.6 is 23.2 Å². The van der Waals surface area contributed by atoms with Crippen molar-refractivity contribution in [2.75, 3.05) is 38.5 Å². The topological polar surface area (TPSA) is 68.7 Å². The van der Waals surface area contributed by atoms with Gasteiger partial charge in [-0.2, -0.15) is 0 Å². The van der Waals surface area contributed by atoms with Crippen LogP contribution in [0.25, 0.3) is 0 Å². The third kappa shape index (κ3) is 5.73. The summed E-state index contributed by atoms with van der Waals surface area (Å²) >= 11 is 12.3. The number of rotatable bonds is 9. The van der Waals surface area contributed by atoms with Gasteiger partial charge in [0.2, 0.25) is 0 Å². The maximum Gasteiger partial charge on any atom is 0.305 e. The van der Waals surface area contributed by atoms with Crippen LogP contribution in [-0.4, -0.2) is 65.1 Å². The van der Waals surface area contributed by atoms with Gasteiger partial charge in [0, 0.05) is 47.5 Å². The van der Waals surface area contributed by atoms with Crippen molar-refractivity contribution in [2.24, 2.45) is 0 Å². The first-order chi connectivity index (χ1) is 15.4. The SMILES string of the molecule is CN(C1CN(CCCc2ccc3c(n2)NCCC3)C1)[C@@H](CC(=O)O)c1cc(Cl)cc(Cl)c1. The third-order valence-electron chi connectivity index (χ3n) is 6.50. The third-order valence-corrected chi connectivity index (χ3v) is 6.94. The Labute approximate surface area is 199 Å². The summed E-state index contributed by atoms with van der Waals surface area (Å²) in [5.41, 5.74) is 3.31. The largest absolute Gasteiger partial charge is 0.481 e. The molecule has 32 heavy (non-hydrogen) atoms. The smallest absolute Gasteiger partial charge is 0.305 e. The average molecular weight is 477 g/mol. The van der Waals surface area contributed by atoms with E-state index < -0.39 is 5.97 Å². The average Bonchev–Trinajstić information content (AvgIpc) is 2.72. The molecule has 2 aromatic rings. The van der Waals surface area contributed by atoms with Gasteiger partial charge in [0.1, 0.15) is 5.82 Å². The second kappa shape index (κ2) is 10.4. The number of carbonyl (C=O) groups is 1. The van der Waals surface area contributed by atoms with E-state index in [1.165, 1.54) is 12.0 Å². The first-order valence-electron chi connectivity index (χ1n) is 11.2. The van der Waals surface area contributed by atoms with Crippen molar-refractivity contribution < 1.29 is 9.90 Å². The summed E-state index contributed by atoms with van der Waals surface area (Å²) in [4.78, 5) is 20.9. The quantitative estimate of drug-likeness (QED) is 0.554. The molecule has 0 unspecified atom stereocenters. The van der Waals surface area contributed by atoms with Gasteiger partial charge in [-0.15, -0.1) is 0 Å². The van der Waals surface area contributed by atoms with Gasteiger partial charge >= 0.3 is 5.97 Å². The van der Waals surface area contributed by atoms with Crippen molar-refractivity contribution in [1.82, 2.24) is 14.8 Å². The molecule has 3 heterocycles. The molecule has 172 valence electrons. The van der Waals surface area contributed by atoms with Gasteiger partial charge in [-0.3, -0.25) is 9.69 Å². The Balaban J connectivity index is 1.28. The molecule has 2 aliphatic heterocycles. The van der Waals surface area contributed by atoms with Gasteiger partial charge < -0.3 is 15.3 Å². The van der Waals surface area contributed by atoms with Crippen molar-refractivity contribution in [1.29, 1.82) is 0 Å². The molecule has 0 amide bonds. The van der Waals surface area contributed by atoms with Crippen molar-refractivity contribution in [3.05, 3.63) is 57.2 Å². The number of nitrogens with one attached hydrogen (secondary N) is 1. The lowest BCUT2D eigenvalue weighted by atomic mass is 9.97. The van der Waals surface area contributed by atoms with Crippen LogP contribution < -0.4 is 5.32 Å². The van der Waals surface area contributed by atoms with E-state index in [0.717, 1.165) is 62.5 Å². The minimum atomic E-state index is -0.832. The number of carboxylic acids is 1. The fourth-order valence-corrected chi connectivity index (χ4v) is 5.20. The molecule has 0 aliphatic carbocycles. The van der Waals surface area contributed by atoms with Gasteiger partial charge in [-0.05, 0) is 74.7 Å². The lowest BCUT2D eigenvalue weighted by Gasteiger charge is -2.46. The molecule has 6 nitrogen and oxygen atoms in total. The zero-order chi connectivity index (χ0) is 22.7. The van der Waals surface area contributed by atoms with Gasteiger partial charge in [0.15, 0.2) is 0 Å². The van der Waals surface area contributed by atoms with Gasteiger partial charge in [-0.1, -0.05) is 29.3 Å². The molecule has 4 rings (SSSR count). The van der Waals surface area contributed by atoms with Crippen LogP contribution in [0, 0.1) is 0 Å². The Morgan fingerprint density at radius 1 is 1.28 bits per heavy atom. The van der Waals surface area contributed by atoms with Crippen LogP contribution in [-0.2, 0) is 17.6 Å². The number of pyridine rings is 1. The standard InChI is InChI=1S/C24H30Cl2N4O2/c1-29(22(13-23(31)32)17-10-18(25)12-19(26)11-17)21-14-30(15-21)9-3-5-20-7-6-16-4-2-8-27-24(16)28-20/h6-7,10-12,21-22H,2-5,8-9,13-15H2,1H3,(H,27,28)(H,31,32)/t22-/m0/s1. The molecular weight excluding hydrogens is 447 g/mol. The summed E-state index contributed by atoms with van der Waals surface area (Å²) in [6, 6.07) is 9.71. The van der Waals surface area contributed by atoms with E-state index in [4.69, 9.17) is 28.2 Å². The maximum absolute atomic E-state index is 11.5. The Morgan fingerprint density at radius 2 is 2.03 bits per heavy atom. The Hall–Kier alpha value is -1.86. The number of likely N-dealkylation sites (tertiary alicyclic amines) is 1. The van der Waals surface area contributed by atoms with Crippen LogP contribution in [0.15, 0.2) is 30.3 Å². The van der Waals surface area contributed by atoms with Crippen LogP contribution in [0.4, 0.5) is 5.82 Å². The van der Waals surface area contributed by atoms with E-state index in [1.807, 2.05) is 19.2 Å². The van der Waals surface area contributed by atoms with Crippen molar-refractivity contribution in [3.8, 4) is 0 Å². The second-order valence-electron chi connectivity index (χ2n) is 8.84. The van der Waals surface area contributed by atoms with Crippen LogP contribution in [0.5, 0.6) is 0 Å². The Bertz CT molecular complexity index is 945. The molecule has 1 saturated heterocycles. The highest BCUT2D eigenvalue weighted by molar-refractivity contribution is 6.34. The summed E-state index contributed by atoms with van der Waals surface area (Å²) < 4.78 is 0. The first-order valence-corrected chi connectivity index (χ1v) is 12.0. The normalized spacial score (nSPS) is 17.5. The number of aromatic nitrogens is 1. The molecule has 0 bridgehead atoms. The number of benzene rings is 1. The molecule has 8 heteroatoms. The van der Waals surface area contributed by atoms with Gasteiger partial charge in [0.05, 0.1) is 6.42 Å². The van der Waals surface area contributed by atoms with E-state index in [2.05, 4.69) is 27.2 Å². The van der Waals surface area contributed by atoms with E-state index in [1.54, 1.807) is 6.07 Å². The number of likely N-dealkylation sites (N-methyl/N-ethyl adjacent to an activating group) is 1. The summed E-state index contributed by atoms with van der Waals surface area (Å²) in [6.07, 6.45) is 4.33. The van der Waals surface area contributed by atoms with Crippen LogP contribution in [0.3, 0.4) is 0 Å². The summed E-state index contributed by atoms with van der Waals surface area (Å²) in [7, 11) is 1.99. The summed E-state index contributed by atoms with van der Waals surface area (Å²) in [5, 5.41) is 13.9. The highest BCUT2D eigenvalue weighted by Crippen LogP contribution is 2.32. The number of aryl methyl sites for hydroxylation is 2. The molecule has 0 radical (unpaired) electrons. The monoisotopic (exact) mass is 476 g/mol. The lowest BCUT2D eigenvalue weighted by molar-refractivity contribution is -0.139. The number of nitrogens with zero attached hydrogens (tertiary/aromatic N) is 3. The number of carboxylic acid groups (broad SMARTS) is 1. The Morgan fingerprint density at radius 3 is 2.75 bits per heavy atom. The highest BCUT2D eigenvalue weighted by Gasteiger charge is 2.34. The zero-order valence-electron chi connectivity index (χ0n) is 18.4. The molecule has 2 aliphatic rings. The fraction of sp³-hybridized carbons (Fsp3) is 0.500. The molecular formula is C24H30Cl2N4O2. The molecule has 0 saturated carbocycles. The number of hydrogen-bond donors (Lipinski definition) is 2. The van der Waals surface area contributed by atoms with E-state index in [0.29, 0.717) is 16.1 Å². The van der Waals surface area contributed by atoms with Crippen molar-refractivity contribution in [3.63, 3.8) is 0 Å². The number of aliphatic carboxylic acids is 1. The summed E-state index contributed by atoms with van der Waals surface area (Å²) in [5.74, 6) is 0.228. The second-order valence-corrected chi connectivity index (χ2v) is 9.71. The lowest BCUT2D eigenvalue weighted by Crippen LogP contribution is -2.59. The van der Waals surface area contributed by atoms with Crippen molar-refractivity contribution in [2.45, 2.75) is 44.2 Å². The van der Waals surface area contributed by atoms with Crippen LogP contribution in [0.2, 0.25) is 10.0 Å². The van der Waals surface area contributed by atoms with Crippen LogP contribution in [0.1, 0.15) is 42.1 Å². The molecule has 1 aromatic heterocycles. The number of anilines is 1. The summed E-state index contributed by atoms with van der Waals surface area (Å²) in [6.45, 7) is 3.89. The van der Waals surface area contributed by atoms with E-state index in [9.17, 15) is 9.90 Å². The number of fused-ring (bicyclic) bond motifs is 1. The predicted molar refractivity (Wildman–Crippen MR) is 129 cm³/mol. The highest BCUT2D eigenvalue weighted by atomic mass is 35.5. The minimum Gasteiger partial charge on any atom is -0.481 e. The van der Waals surface area contributed by atoms with E-state index >= 15 is 0 Å². The predicted octanol–water partition coefficient (Wildman–Crippen LogP) is 4.51. The van der Waals surface area contributed by atoms with E-state index in [-0.39, 0.29) is 12.5 Å². The molecule has 1 fully saturated rings. The Kier molecular flexibility index (Phi) is 7.56. The van der Waals surface area contributed by atoms with Gasteiger partial charge in [-0.25, -0.2) is 4.98 Å². The van der Waals surface area contributed by atoms with Gasteiger partial charge in [0.25, 0.3) is 0 Å². The van der Waals surface area contributed by atoms with Crippen molar-refractivity contribution >= 4 is 35.0 Å². The molecule has 0 spiro atoms. The first kappa shape index (κ1) is 23.3. The maximum atomic E-state index is 11.5.